The molecule has 12 rings (SSSR count). The Bertz CT molecular complexity index is 3530. The summed E-state index contributed by atoms with van der Waals surface area (Å²) in [6.07, 6.45) is 0. The zero-order valence-electron chi connectivity index (χ0n) is 30.8. The Labute approximate surface area is 328 Å². The first-order valence-electron chi connectivity index (χ1n) is 19.4. The third-order valence-electron chi connectivity index (χ3n) is 11.6. The molecule has 0 saturated carbocycles. The van der Waals surface area contributed by atoms with Crippen LogP contribution in [0.3, 0.4) is 0 Å². The maximum absolute atomic E-state index is 6.56. The highest BCUT2D eigenvalue weighted by atomic mass is 16.3. The number of fused-ring (bicyclic) bond motifs is 10. The number of benzene rings is 10. The van der Waals surface area contributed by atoms with E-state index in [-0.39, 0.29) is 0 Å². The van der Waals surface area contributed by atoms with Crippen LogP contribution in [0, 0.1) is 0 Å². The molecule has 0 atom stereocenters. The third-order valence-corrected chi connectivity index (χ3v) is 11.6. The average molecular weight is 728 g/mol. The van der Waals surface area contributed by atoms with E-state index in [4.69, 9.17) is 8.83 Å². The molecule has 0 N–H and O–H groups in total. The van der Waals surface area contributed by atoms with Crippen molar-refractivity contribution in [1.82, 2.24) is 0 Å². The van der Waals surface area contributed by atoms with Crippen LogP contribution in [-0.2, 0) is 0 Å². The van der Waals surface area contributed by atoms with Crippen molar-refractivity contribution in [3.8, 4) is 22.3 Å². The van der Waals surface area contributed by atoms with Crippen LogP contribution in [0.5, 0.6) is 0 Å². The Hall–Kier alpha value is -7.62. The predicted octanol–water partition coefficient (Wildman–Crippen LogP) is 15.7. The van der Waals surface area contributed by atoms with Crippen LogP contribution in [0.4, 0.5) is 17.1 Å². The van der Waals surface area contributed by atoms with Gasteiger partial charge < -0.3 is 13.7 Å². The highest BCUT2D eigenvalue weighted by Gasteiger charge is 2.23. The molecular formula is C54H33NO2. The van der Waals surface area contributed by atoms with Crippen molar-refractivity contribution >= 4 is 93.3 Å². The topological polar surface area (TPSA) is 29.5 Å². The van der Waals surface area contributed by atoms with Gasteiger partial charge in [0, 0.05) is 27.4 Å². The van der Waals surface area contributed by atoms with Gasteiger partial charge in [-0.3, -0.25) is 0 Å². The summed E-state index contributed by atoms with van der Waals surface area (Å²) in [5.41, 5.74) is 11.2. The van der Waals surface area contributed by atoms with Gasteiger partial charge in [0.05, 0.1) is 16.8 Å². The van der Waals surface area contributed by atoms with E-state index < -0.39 is 0 Å². The molecule has 3 nitrogen and oxygen atoms in total. The second-order valence-corrected chi connectivity index (χ2v) is 14.8. The van der Waals surface area contributed by atoms with Crippen LogP contribution in [0.15, 0.2) is 209 Å². The summed E-state index contributed by atoms with van der Waals surface area (Å²) < 4.78 is 13.0. The SMILES string of the molecule is c1ccc(N(c2ccc(-c3ccc4c(ccc5ccccc54)c3)cc2)c2cccc3oc4ccccc4c23)c(-c2cccc3oc4cc5ccccc5cc4c23)c1. The molecule has 57 heavy (non-hydrogen) atoms. The van der Waals surface area contributed by atoms with Gasteiger partial charge in [-0.2, -0.15) is 0 Å². The minimum Gasteiger partial charge on any atom is -0.456 e. The molecule has 0 bridgehead atoms. The summed E-state index contributed by atoms with van der Waals surface area (Å²) in [5.74, 6) is 0. The monoisotopic (exact) mass is 727 g/mol. The number of rotatable bonds is 5. The number of anilines is 3. The van der Waals surface area contributed by atoms with Gasteiger partial charge in [0.15, 0.2) is 0 Å². The number of furan rings is 2. The van der Waals surface area contributed by atoms with Crippen LogP contribution >= 0.6 is 0 Å². The standard InChI is InChI=1S/C54H33NO2/c1-2-13-37-33-52-46(32-36(37)12-1)53-44(17-9-21-50(53)57-52)43-15-5-7-18-47(43)55(48-19-10-22-51-54(48)45-16-6-8-20-49(45)56-51)40-28-25-34(26-29-40)38-27-30-42-39(31-38)24-23-35-11-3-4-14-41(35)42/h1-33H. The number of hydrogen-bond acceptors (Lipinski definition) is 3. The van der Waals surface area contributed by atoms with Crippen LogP contribution in [0.1, 0.15) is 0 Å². The molecule has 0 spiro atoms. The van der Waals surface area contributed by atoms with E-state index in [1.54, 1.807) is 0 Å². The van der Waals surface area contributed by atoms with Crippen molar-refractivity contribution in [2.75, 3.05) is 4.90 Å². The lowest BCUT2D eigenvalue weighted by Crippen LogP contribution is -2.11. The molecule has 2 aromatic heterocycles. The molecule has 0 fully saturated rings. The van der Waals surface area contributed by atoms with Crippen molar-refractivity contribution in [3.05, 3.63) is 200 Å². The van der Waals surface area contributed by atoms with Gasteiger partial charge in [0.2, 0.25) is 0 Å². The van der Waals surface area contributed by atoms with E-state index in [0.717, 1.165) is 77.6 Å². The van der Waals surface area contributed by atoms with Gasteiger partial charge in [-0.1, -0.05) is 140 Å². The van der Waals surface area contributed by atoms with Crippen molar-refractivity contribution in [1.29, 1.82) is 0 Å². The van der Waals surface area contributed by atoms with Crippen LogP contribution in [0.25, 0.3) is 98.4 Å². The second kappa shape index (κ2) is 12.5. The summed E-state index contributed by atoms with van der Waals surface area (Å²) in [6, 6.07) is 71.6. The normalized spacial score (nSPS) is 11.9. The molecule has 12 aromatic rings. The van der Waals surface area contributed by atoms with E-state index in [1.165, 1.54) is 37.9 Å². The fraction of sp³-hybridized carbons (Fsp3) is 0. The lowest BCUT2D eigenvalue weighted by Gasteiger charge is -2.29. The van der Waals surface area contributed by atoms with Gasteiger partial charge in [-0.15, -0.1) is 0 Å². The smallest absolute Gasteiger partial charge is 0.137 e. The van der Waals surface area contributed by atoms with Crippen molar-refractivity contribution in [3.63, 3.8) is 0 Å². The zero-order valence-corrected chi connectivity index (χ0v) is 30.8. The van der Waals surface area contributed by atoms with Crippen LogP contribution in [0.2, 0.25) is 0 Å². The number of hydrogen-bond donors (Lipinski definition) is 0. The largest absolute Gasteiger partial charge is 0.456 e. The Morgan fingerprint density at radius 1 is 0.298 bits per heavy atom. The van der Waals surface area contributed by atoms with E-state index in [0.29, 0.717) is 0 Å². The molecule has 3 heteroatoms. The Morgan fingerprint density at radius 3 is 1.77 bits per heavy atom. The highest BCUT2D eigenvalue weighted by Crippen LogP contribution is 2.48. The highest BCUT2D eigenvalue weighted by molar-refractivity contribution is 6.18. The fourth-order valence-corrected chi connectivity index (χ4v) is 8.98. The van der Waals surface area contributed by atoms with E-state index in [2.05, 4.69) is 193 Å². The predicted molar refractivity (Wildman–Crippen MR) is 239 cm³/mol. The van der Waals surface area contributed by atoms with E-state index in [9.17, 15) is 0 Å². The van der Waals surface area contributed by atoms with Gasteiger partial charge in [-0.05, 0) is 110 Å². The number of nitrogens with zero attached hydrogens (tertiary/aromatic N) is 1. The summed E-state index contributed by atoms with van der Waals surface area (Å²) in [4.78, 5) is 2.40. The first-order chi connectivity index (χ1) is 28.2. The summed E-state index contributed by atoms with van der Waals surface area (Å²) in [5, 5.41) is 11.8. The summed E-state index contributed by atoms with van der Waals surface area (Å²) in [6.45, 7) is 0. The molecule has 0 aliphatic carbocycles. The maximum Gasteiger partial charge on any atom is 0.137 e. The first-order valence-corrected chi connectivity index (χ1v) is 19.4. The zero-order chi connectivity index (χ0) is 37.5. The fourth-order valence-electron chi connectivity index (χ4n) is 8.98. The average Bonchev–Trinajstić information content (AvgIpc) is 3.84. The molecule has 266 valence electrons. The molecule has 10 aromatic carbocycles. The molecule has 0 unspecified atom stereocenters. The minimum atomic E-state index is 0.853. The molecule has 0 aliphatic heterocycles. The quantitative estimate of drug-likeness (QED) is 0.165. The van der Waals surface area contributed by atoms with Crippen molar-refractivity contribution < 1.29 is 8.83 Å². The lowest BCUT2D eigenvalue weighted by molar-refractivity contribution is 0.669. The summed E-state index contributed by atoms with van der Waals surface area (Å²) in [7, 11) is 0. The molecule has 0 radical (unpaired) electrons. The Balaban J connectivity index is 1.07. The van der Waals surface area contributed by atoms with E-state index >= 15 is 0 Å². The Kier molecular flexibility index (Phi) is 6.93. The third kappa shape index (κ3) is 4.99. The van der Waals surface area contributed by atoms with Crippen LogP contribution < -0.4 is 4.90 Å². The first kappa shape index (κ1) is 31.7. The molecule has 0 amide bonds. The number of para-hydroxylation sites is 2. The maximum atomic E-state index is 6.56. The summed E-state index contributed by atoms with van der Waals surface area (Å²) >= 11 is 0. The molecule has 0 saturated heterocycles. The van der Waals surface area contributed by atoms with Gasteiger partial charge in [-0.25, -0.2) is 0 Å². The van der Waals surface area contributed by atoms with Gasteiger partial charge in [0.25, 0.3) is 0 Å². The molecular weight excluding hydrogens is 695 g/mol. The Morgan fingerprint density at radius 2 is 0.895 bits per heavy atom. The van der Waals surface area contributed by atoms with Crippen molar-refractivity contribution in [2.45, 2.75) is 0 Å². The second-order valence-electron chi connectivity index (χ2n) is 14.8. The molecule has 0 aliphatic rings. The lowest BCUT2D eigenvalue weighted by atomic mass is 9.95. The van der Waals surface area contributed by atoms with Gasteiger partial charge in [0.1, 0.15) is 22.3 Å². The van der Waals surface area contributed by atoms with Crippen LogP contribution in [-0.4, -0.2) is 0 Å². The van der Waals surface area contributed by atoms with Gasteiger partial charge >= 0.3 is 0 Å². The molecule has 2 heterocycles. The van der Waals surface area contributed by atoms with Crippen molar-refractivity contribution in [2.24, 2.45) is 0 Å². The van der Waals surface area contributed by atoms with E-state index in [1.807, 2.05) is 12.1 Å². The minimum absolute atomic E-state index is 0.853.